The highest BCUT2D eigenvalue weighted by Crippen LogP contribution is 2.17. The zero-order valence-corrected chi connectivity index (χ0v) is 22.5. The average Bonchev–Trinajstić information content (AvgIpc) is 3.54. The first-order chi connectivity index (χ1) is 20.2. The van der Waals surface area contributed by atoms with Crippen LogP contribution in [0.5, 0.6) is 0 Å². The Bertz CT molecular complexity index is 1710. The number of aryl methyl sites for hydroxylation is 1. The summed E-state index contributed by atoms with van der Waals surface area (Å²) >= 11 is 0. The van der Waals surface area contributed by atoms with Crippen molar-refractivity contribution in [3.8, 4) is 11.4 Å². The van der Waals surface area contributed by atoms with E-state index in [0.717, 1.165) is 22.3 Å². The number of Topliss-reactive ketones (excluding diaryl/α,β-unsaturated/α-hetero) is 2. The van der Waals surface area contributed by atoms with Gasteiger partial charge in [-0.05, 0) is 35.4 Å². The third kappa shape index (κ3) is 7.45. The Labute approximate surface area is 240 Å². The number of aromatic carboxylic acids is 2. The minimum Gasteiger partial charge on any atom is -0.478 e. The third-order valence-corrected chi connectivity index (χ3v) is 6.32. The molecule has 42 heavy (non-hydrogen) atoms. The molecule has 0 unspecified atom stereocenters. The molecule has 0 fully saturated rings. The van der Waals surface area contributed by atoms with Gasteiger partial charge in [0.2, 0.25) is 5.82 Å². The lowest BCUT2D eigenvalue weighted by molar-refractivity contribution is 0.0683. The second-order valence-corrected chi connectivity index (χ2v) is 9.32. The predicted octanol–water partition coefficient (Wildman–Crippen LogP) is 5.11. The number of rotatable bonds is 9. The summed E-state index contributed by atoms with van der Waals surface area (Å²) in [5, 5.41) is 31.8. The number of ketones is 2. The van der Waals surface area contributed by atoms with Crippen molar-refractivity contribution in [2.24, 2.45) is 0 Å². The molecule has 0 saturated heterocycles. The van der Waals surface area contributed by atoms with E-state index in [4.69, 9.17) is 10.2 Å². The first-order valence-corrected chi connectivity index (χ1v) is 12.8. The fourth-order valence-corrected chi connectivity index (χ4v) is 4.15. The lowest BCUT2D eigenvalue weighted by Gasteiger charge is -2.05. The number of hydrogen-bond acceptors (Lipinski definition) is 7. The number of nitrogens with one attached hydrogen (secondary N) is 1. The normalized spacial score (nSPS) is 10.3. The molecule has 5 aromatic rings. The van der Waals surface area contributed by atoms with E-state index >= 15 is 0 Å². The lowest BCUT2D eigenvalue weighted by atomic mass is 9.98. The Morgan fingerprint density at radius 2 is 1.05 bits per heavy atom. The van der Waals surface area contributed by atoms with Gasteiger partial charge in [-0.25, -0.2) is 9.59 Å². The maximum Gasteiger partial charge on any atom is 0.336 e. The van der Waals surface area contributed by atoms with E-state index in [1.54, 1.807) is 54.6 Å². The SMILES string of the molecule is Cc1ccc(CC(=O)c2ccccc2C(=O)O)cc1.O=C(O)c1ccccc1C(=O)Cc1ccc(-c2nn[nH]n2)cc1. The standard InChI is InChI=1S/C16H12N4O3.C16H14O3/c21-14(12-3-1-2-4-13(12)16(22)23)9-10-5-7-11(8-6-10)15-17-19-20-18-15;1-11-6-8-12(9-7-11)10-15(17)13-4-2-3-5-14(13)16(18)19/h1-8H,9H2,(H,22,23)(H,17,18,19,20);2-9H,10H2,1H3,(H,18,19). The fourth-order valence-electron chi connectivity index (χ4n) is 4.15. The molecule has 4 aromatic carbocycles. The summed E-state index contributed by atoms with van der Waals surface area (Å²) in [7, 11) is 0. The van der Waals surface area contributed by atoms with Gasteiger partial charge in [0.1, 0.15) is 0 Å². The lowest BCUT2D eigenvalue weighted by Crippen LogP contribution is -2.10. The van der Waals surface area contributed by atoms with Crippen molar-refractivity contribution in [3.63, 3.8) is 0 Å². The molecule has 210 valence electrons. The van der Waals surface area contributed by atoms with Crippen LogP contribution >= 0.6 is 0 Å². The average molecular weight is 563 g/mol. The van der Waals surface area contributed by atoms with Crippen LogP contribution < -0.4 is 0 Å². The number of benzene rings is 4. The number of aromatic amines is 1. The van der Waals surface area contributed by atoms with E-state index in [-0.39, 0.29) is 46.7 Å². The number of carbonyl (C=O) groups excluding carboxylic acids is 2. The summed E-state index contributed by atoms with van der Waals surface area (Å²) in [5.41, 5.74) is 4.11. The van der Waals surface area contributed by atoms with Crippen molar-refractivity contribution < 1.29 is 29.4 Å². The van der Waals surface area contributed by atoms with Crippen LogP contribution in [0.15, 0.2) is 97.1 Å². The zero-order valence-electron chi connectivity index (χ0n) is 22.5. The van der Waals surface area contributed by atoms with E-state index in [1.807, 2.05) is 31.2 Å². The largest absolute Gasteiger partial charge is 0.478 e. The number of carbonyl (C=O) groups is 4. The summed E-state index contributed by atoms with van der Waals surface area (Å²) in [6.07, 6.45) is 0.335. The van der Waals surface area contributed by atoms with Crippen LogP contribution in [0, 0.1) is 6.92 Å². The maximum absolute atomic E-state index is 12.3. The maximum atomic E-state index is 12.3. The van der Waals surface area contributed by atoms with Gasteiger partial charge in [0.05, 0.1) is 11.1 Å². The van der Waals surface area contributed by atoms with Crippen molar-refractivity contribution in [3.05, 3.63) is 136 Å². The summed E-state index contributed by atoms with van der Waals surface area (Å²) in [6.45, 7) is 1.98. The van der Waals surface area contributed by atoms with Gasteiger partial charge in [0, 0.05) is 29.5 Å². The number of aromatic nitrogens is 4. The first-order valence-electron chi connectivity index (χ1n) is 12.8. The number of hydrogen-bond donors (Lipinski definition) is 3. The highest BCUT2D eigenvalue weighted by Gasteiger charge is 2.17. The van der Waals surface area contributed by atoms with Crippen LogP contribution in [-0.2, 0) is 12.8 Å². The van der Waals surface area contributed by atoms with Gasteiger partial charge in [0.15, 0.2) is 11.6 Å². The molecule has 0 spiro atoms. The van der Waals surface area contributed by atoms with Crippen LogP contribution in [0.2, 0.25) is 0 Å². The number of carboxylic acid groups (broad SMARTS) is 2. The molecule has 0 bridgehead atoms. The van der Waals surface area contributed by atoms with Crippen molar-refractivity contribution in [1.29, 1.82) is 0 Å². The Morgan fingerprint density at radius 3 is 1.45 bits per heavy atom. The quantitative estimate of drug-likeness (QED) is 0.207. The summed E-state index contributed by atoms with van der Waals surface area (Å²) in [6, 6.07) is 27.3. The first kappa shape index (κ1) is 29.2. The van der Waals surface area contributed by atoms with Gasteiger partial charge in [-0.15, -0.1) is 10.2 Å². The molecule has 0 aliphatic rings. The highest BCUT2D eigenvalue weighted by molar-refractivity contribution is 6.07. The van der Waals surface area contributed by atoms with Crippen LogP contribution in [0.3, 0.4) is 0 Å². The molecular formula is C32H26N4O6. The molecule has 10 nitrogen and oxygen atoms in total. The fraction of sp³-hybridized carbons (Fsp3) is 0.0938. The smallest absolute Gasteiger partial charge is 0.336 e. The summed E-state index contributed by atoms with van der Waals surface area (Å²) < 4.78 is 0. The molecule has 0 aliphatic heterocycles. The second kappa shape index (κ2) is 13.5. The highest BCUT2D eigenvalue weighted by atomic mass is 16.4. The number of tetrazole rings is 1. The molecular weight excluding hydrogens is 536 g/mol. The van der Waals surface area contributed by atoms with Crippen molar-refractivity contribution in [2.45, 2.75) is 19.8 Å². The van der Waals surface area contributed by atoms with Gasteiger partial charge >= 0.3 is 11.9 Å². The van der Waals surface area contributed by atoms with Crippen LogP contribution in [0.4, 0.5) is 0 Å². The molecule has 1 heterocycles. The Morgan fingerprint density at radius 1 is 0.619 bits per heavy atom. The van der Waals surface area contributed by atoms with Crippen LogP contribution in [-0.4, -0.2) is 54.3 Å². The van der Waals surface area contributed by atoms with Gasteiger partial charge < -0.3 is 10.2 Å². The van der Waals surface area contributed by atoms with E-state index < -0.39 is 11.9 Å². The predicted molar refractivity (Wildman–Crippen MR) is 154 cm³/mol. The van der Waals surface area contributed by atoms with Gasteiger partial charge in [0.25, 0.3) is 0 Å². The van der Waals surface area contributed by atoms with Crippen molar-refractivity contribution in [1.82, 2.24) is 20.6 Å². The van der Waals surface area contributed by atoms with E-state index in [9.17, 15) is 19.2 Å². The topological polar surface area (TPSA) is 163 Å². The van der Waals surface area contributed by atoms with Crippen LogP contribution in [0.1, 0.15) is 58.1 Å². The molecule has 10 heteroatoms. The number of H-pyrrole nitrogens is 1. The molecule has 0 saturated carbocycles. The monoisotopic (exact) mass is 562 g/mol. The minimum absolute atomic E-state index is 0.0147. The van der Waals surface area contributed by atoms with Gasteiger partial charge in [-0.2, -0.15) is 5.21 Å². The van der Waals surface area contributed by atoms with Crippen molar-refractivity contribution in [2.75, 3.05) is 0 Å². The minimum atomic E-state index is -1.11. The van der Waals surface area contributed by atoms with Crippen molar-refractivity contribution >= 4 is 23.5 Å². The number of nitrogens with zero attached hydrogens (tertiary/aromatic N) is 3. The van der Waals surface area contributed by atoms with E-state index in [0.29, 0.717) is 5.82 Å². The van der Waals surface area contributed by atoms with Gasteiger partial charge in [-0.1, -0.05) is 90.5 Å². The molecule has 0 atom stereocenters. The number of carboxylic acids is 2. The van der Waals surface area contributed by atoms with Gasteiger partial charge in [-0.3, -0.25) is 9.59 Å². The summed E-state index contributed by atoms with van der Waals surface area (Å²) in [5.74, 6) is -2.13. The molecule has 3 N–H and O–H groups in total. The second-order valence-electron chi connectivity index (χ2n) is 9.32. The molecule has 1 aromatic heterocycles. The van der Waals surface area contributed by atoms with E-state index in [1.165, 1.54) is 18.2 Å². The van der Waals surface area contributed by atoms with E-state index in [2.05, 4.69) is 20.6 Å². The molecule has 5 rings (SSSR count). The Hall–Kier alpha value is -5.77. The molecule has 0 aliphatic carbocycles. The Kier molecular flexibility index (Phi) is 9.41. The van der Waals surface area contributed by atoms with Crippen LogP contribution in [0.25, 0.3) is 11.4 Å². The zero-order chi connectivity index (χ0) is 30.1. The molecule has 0 amide bonds. The molecule has 0 radical (unpaired) electrons. The summed E-state index contributed by atoms with van der Waals surface area (Å²) in [4.78, 5) is 46.8. The Balaban J connectivity index is 0.000000197. The third-order valence-electron chi connectivity index (χ3n) is 6.32.